The van der Waals surface area contributed by atoms with Gasteiger partial charge in [-0.05, 0) is 25.1 Å². The van der Waals surface area contributed by atoms with Crippen molar-refractivity contribution in [1.29, 1.82) is 0 Å². The monoisotopic (exact) mass is 270 g/mol. The van der Waals surface area contributed by atoms with Crippen molar-refractivity contribution >= 4 is 23.2 Å². The molecular weight excluding hydrogens is 252 g/mol. The van der Waals surface area contributed by atoms with E-state index in [1.54, 1.807) is 19.2 Å². The molecular formula is C13H19ClN2O2. The number of nitrogens with one attached hydrogen (secondary N) is 2. The molecule has 0 atom stereocenters. The quantitative estimate of drug-likeness (QED) is 0.713. The maximum Gasteiger partial charge on any atom is 0.225 e. The van der Waals surface area contributed by atoms with Crippen LogP contribution in [0.5, 0.6) is 0 Å². The molecule has 0 radical (unpaired) electrons. The number of ether oxygens (including phenoxy) is 1. The van der Waals surface area contributed by atoms with Crippen LogP contribution in [0.15, 0.2) is 24.3 Å². The van der Waals surface area contributed by atoms with E-state index in [4.69, 9.17) is 16.3 Å². The van der Waals surface area contributed by atoms with Gasteiger partial charge in [0.05, 0.1) is 10.7 Å². The molecule has 2 N–H and O–H groups in total. The molecule has 0 aliphatic heterocycles. The van der Waals surface area contributed by atoms with Crippen molar-refractivity contribution in [3.63, 3.8) is 0 Å². The van der Waals surface area contributed by atoms with Crippen LogP contribution in [-0.2, 0) is 9.53 Å². The van der Waals surface area contributed by atoms with Crippen molar-refractivity contribution in [2.45, 2.75) is 12.8 Å². The Morgan fingerprint density at radius 2 is 2.11 bits per heavy atom. The van der Waals surface area contributed by atoms with Crippen LogP contribution in [0.1, 0.15) is 12.8 Å². The molecule has 0 aromatic heterocycles. The smallest absolute Gasteiger partial charge is 0.225 e. The maximum absolute atomic E-state index is 11.6. The average molecular weight is 271 g/mol. The van der Waals surface area contributed by atoms with Crippen molar-refractivity contribution < 1.29 is 9.53 Å². The van der Waals surface area contributed by atoms with Gasteiger partial charge >= 0.3 is 0 Å². The summed E-state index contributed by atoms with van der Waals surface area (Å²) in [7, 11) is 1.68. The summed E-state index contributed by atoms with van der Waals surface area (Å²) in [6, 6.07) is 7.20. The molecule has 0 aliphatic carbocycles. The van der Waals surface area contributed by atoms with E-state index >= 15 is 0 Å². The van der Waals surface area contributed by atoms with Gasteiger partial charge in [0.2, 0.25) is 5.91 Å². The van der Waals surface area contributed by atoms with Gasteiger partial charge in [-0.3, -0.25) is 4.79 Å². The number of amides is 1. The molecule has 0 heterocycles. The molecule has 1 amide bonds. The molecule has 0 aliphatic rings. The van der Waals surface area contributed by atoms with Crippen molar-refractivity contribution in [3.8, 4) is 0 Å². The first-order valence-electron chi connectivity index (χ1n) is 5.98. The third-order valence-corrected chi connectivity index (χ3v) is 2.71. The van der Waals surface area contributed by atoms with E-state index in [0.717, 1.165) is 19.6 Å². The lowest BCUT2D eigenvalue weighted by Gasteiger charge is -2.07. The van der Waals surface area contributed by atoms with Gasteiger partial charge in [-0.2, -0.15) is 0 Å². The normalized spacial score (nSPS) is 10.3. The number of carbonyl (C=O) groups excluding carboxylic acids is 1. The van der Waals surface area contributed by atoms with Crippen LogP contribution < -0.4 is 10.6 Å². The first-order valence-corrected chi connectivity index (χ1v) is 6.36. The summed E-state index contributed by atoms with van der Waals surface area (Å²) < 4.78 is 4.93. The van der Waals surface area contributed by atoms with Gasteiger partial charge in [-0.1, -0.05) is 23.7 Å². The third-order valence-electron chi connectivity index (χ3n) is 2.38. The molecule has 0 bridgehead atoms. The summed E-state index contributed by atoms with van der Waals surface area (Å²) in [6.07, 6.45) is 1.38. The predicted molar refractivity (Wildman–Crippen MR) is 74.1 cm³/mol. The van der Waals surface area contributed by atoms with Crippen molar-refractivity contribution in [2.75, 3.05) is 32.1 Å². The van der Waals surface area contributed by atoms with Crippen LogP contribution in [0.25, 0.3) is 0 Å². The molecule has 5 heteroatoms. The van der Waals surface area contributed by atoms with Gasteiger partial charge in [-0.25, -0.2) is 0 Å². The van der Waals surface area contributed by atoms with Crippen molar-refractivity contribution in [1.82, 2.24) is 5.32 Å². The van der Waals surface area contributed by atoms with E-state index in [2.05, 4.69) is 10.6 Å². The molecule has 0 saturated carbocycles. The SMILES string of the molecule is COCCCNCCC(=O)Nc1ccccc1Cl. The second-order valence-electron chi connectivity index (χ2n) is 3.87. The van der Waals surface area contributed by atoms with Crippen LogP contribution in [0, 0.1) is 0 Å². The number of carbonyl (C=O) groups is 1. The Balaban J connectivity index is 2.16. The van der Waals surface area contributed by atoms with Crippen molar-refractivity contribution in [3.05, 3.63) is 29.3 Å². The minimum atomic E-state index is -0.0395. The molecule has 0 fully saturated rings. The number of hydrogen-bond donors (Lipinski definition) is 2. The summed E-state index contributed by atoms with van der Waals surface area (Å²) in [6.45, 7) is 2.24. The summed E-state index contributed by atoms with van der Waals surface area (Å²) in [5.74, 6) is -0.0395. The number of halogens is 1. The highest BCUT2D eigenvalue weighted by Gasteiger charge is 2.04. The molecule has 1 aromatic rings. The second kappa shape index (κ2) is 8.91. The highest BCUT2D eigenvalue weighted by Crippen LogP contribution is 2.20. The number of rotatable bonds is 8. The van der Waals surface area contributed by atoms with Crippen LogP contribution >= 0.6 is 11.6 Å². The van der Waals surface area contributed by atoms with Gasteiger partial charge in [0.1, 0.15) is 0 Å². The molecule has 0 saturated heterocycles. The third kappa shape index (κ3) is 6.00. The first-order chi connectivity index (χ1) is 8.74. The highest BCUT2D eigenvalue weighted by molar-refractivity contribution is 6.33. The number of methoxy groups -OCH3 is 1. The van der Waals surface area contributed by atoms with Crippen LogP contribution in [0.2, 0.25) is 5.02 Å². The number of hydrogen-bond acceptors (Lipinski definition) is 3. The molecule has 100 valence electrons. The van der Waals surface area contributed by atoms with Gasteiger partial charge < -0.3 is 15.4 Å². The van der Waals surface area contributed by atoms with E-state index in [1.165, 1.54) is 0 Å². The molecule has 0 spiro atoms. The maximum atomic E-state index is 11.6. The molecule has 4 nitrogen and oxygen atoms in total. The topological polar surface area (TPSA) is 50.4 Å². The Kier molecular flexibility index (Phi) is 7.41. The number of benzene rings is 1. The van der Waals surface area contributed by atoms with Gasteiger partial charge in [0.15, 0.2) is 0 Å². The Bertz CT molecular complexity index is 372. The zero-order valence-corrected chi connectivity index (χ0v) is 11.3. The fraction of sp³-hybridized carbons (Fsp3) is 0.462. The molecule has 0 unspecified atom stereocenters. The Morgan fingerprint density at radius 1 is 1.33 bits per heavy atom. The summed E-state index contributed by atoms with van der Waals surface area (Å²) in [5.41, 5.74) is 0.656. The minimum absolute atomic E-state index is 0.0395. The second-order valence-corrected chi connectivity index (χ2v) is 4.28. The van der Waals surface area contributed by atoms with Crippen LogP contribution in [0.4, 0.5) is 5.69 Å². The zero-order chi connectivity index (χ0) is 13.2. The Hall–Kier alpha value is -1.10. The Labute approximate surface area is 113 Å². The number of anilines is 1. The van der Waals surface area contributed by atoms with E-state index in [0.29, 0.717) is 23.7 Å². The van der Waals surface area contributed by atoms with Gasteiger partial charge in [0, 0.05) is 26.7 Å². The van der Waals surface area contributed by atoms with Crippen LogP contribution in [0.3, 0.4) is 0 Å². The first kappa shape index (κ1) is 15.0. The standard InChI is InChI=1S/C13H19ClN2O2/c1-18-10-4-8-15-9-7-13(17)16-12-6-3-2-5-11(12)14/h2-3,5-6,15H,4,7-10H2,1H3,(H,16,17). The largest absolute Gasteiger partial charge is 0.385 e. The zero-order valence-electron chi connectivity index (χ0n) is 10.5. The lowest BCUT2D eigenvalue weighted by atomic mass is 10.3. The van der Waals surface area contributed by atoms with E-state index in [-0.39, 0.29) is 5.91 Å². The summed E-state index contributed by atoms with van der Waals surface area (Å²) >= 11 is 5.94. The fourth-order valence-corrected chi connectivity index (χ4v) is 1.63. The average Bonchev–Trinajstić information content (AvgIpc) is 2.36. The van der Waals surface area contributed by atoms with E-state index in [1.807, 2.05) is 12.1 Å². The lowest BCUT2D eigenvalue weighted by Crippen LogP contribution is -2.23. The number of para-hydroxylation sites is 1. The predicted octanol–water partition coefficient (Wildman–Crippen LogP) is 2.29. The summed E-state index contributed by atoms with van der Waals surface area (Å²) in [4.78, 5) is 11.6. The summed E-state index contributed by atoms with van der Waals surface area (Å²) in [5, 5.41) is 6.51. The highest BCUT2D eigenvalue weighted by atomic mass is 35.5. The van der Waals surface area contributed by atoms with E-state index < -0.39 is 0 Å². The minimum Gasteiger partial charge on any atom is -0.385 e. The van der Waals surface area contributed by atoms with Gasteiger partial charge in [-0.15, -0.1) is 0 Å². The molecule has 1 rings (SSSR count). The fourth-order valence-electron chi connectivity index (χ4n) is 1.44. The Morgan fingerprint density at radius 3 is 2.83 bits per heavy atom. The van der Waals surface area contributed by atoms with Crippen LogP contribution in [-0.4, -0.2) is 32.7 Å². The lowest BCUT2D eigenvalue weighted by molar-refractivity contribution is -0.116. The molecule has 1 aromatic carbocycles. The van der Waals surface area contributed by atoms with Crippen molar-refractivity contribution in [2.24, 2.45) is 0 Å². The molecule has 18 heavy (non-hydrogen) atoms. The van der Waals surface area contributed by atoms with Gasteiger partial charge in [0.25, 0.3) is 0 Å². The van der Waals surface area contributed by atoms with E-state index in [9.17, 15) is 4.79 Å².